The smallest absolute Gasteiger partial charge is 0.139 e. The summed E-state index contributed by atoms with van der Waals surface area (Å²) in [6, 6.07) is 8.17. The predicted molar refractivity (Wildman–Crippen MR) is 83.1 cm³/mol. The van der Waals surface area contributed by atoms with Crippen molar-refractivity contribution >= 4 is 5.78 Å². The molecule has 0 aliphatic rings. The Morgan fingerprint density at radius 1 is 1.19 bits per heavy atom. The molecular weight excluding hydrogens is 262 g/mol. The molecule has 0 amide bonds. The third-order valence-corrected chi connectivity index (χ3v) is 3.74. The maximum atomic E-state index is 12.0. The van der Waals surface area contributed by atoms with Gasteiger partial charge in [0, 0.05) is 24.5 Å². The van der Waals surface area contributed by atoms with Gasteiger partial charge in [0.15, 0.2) is 0 Å². The Bertz CT molecular complexity index is 558. The van der Waals surface area contributed by atoms with Crippen LogP contribution in [0.4, 0.5) is 0 Å². The lowest BCUT2D eigenvalue weighted by Crippen LogP contribution is -2.10. The lowest BCUT2D eigenvalue weighted by molar-refractivity contribution is -0.118. The summed E-state index contributed by atoms with van der Waals surface area (Å²) in [6.07, 6.45) is 7.51. The molecular formula is C17H23N3O. The minimum absolute atomic E-state index is 0.218. The van der Waals surface area contributed by atoms with Gasteiger partial charge in [-0.25, -0.2) is 0 Å². The van der Waals surface area contributed by atoms with Crippen molar-refractivity contribution in [3.8, 4) is 0 Å². The summed E-state index contributed by atoms with van der Waals surface area (Å²) in [5.74, 6) is 0.218. The van der Waals surface area contributed by atoms with E-state index in [0.717, 1.165) is 24.2 Å². The molecule has 2 aromatic rings. The number of hydrogen-bond acceptors (Lipinski definition) is 3. The Morgan fingerprint density at radius 3 is 2.67 bits per heavy atom. The highest BCUT2D eigenvalue weighted by Gasteiger charge is 2.11. The summed E-state index contributed by atoms with van der Waals surface area (Å²) >= 11 is 0. The SMILES string of the molecule is CCC(CC)n1ccc(CC(=O)CCc2ccccn2)n1. The van der Waals surface area contributed by atoms with Crippen LogP contribution >= 0.6 is 0 Å². The molecule has 0 bridgehead atoms. The van der Waals surface area contributed by atoms with Crippen molar-refractivity contribution in [2.24, 2.45) is 0 Å². The van der Waals surface area contributed by atoms with E-state index in [4.69, 9.17) is 0 Å². The van der Waals surface area contributed by atoms with E-state index in [9.17, 15) is 4.79 Å². The molecule has 4 nitrogen and oxygen atoms in total. The first-order valence-corrected chi connectivity index (χ1v) is 7.68. The Hall–Kier alpha value is -1.97. The van der Waals surface area contributed by atoms with Crippen LogP contribution in [-0.2, 0) is 17.6 Å². The molecule has 2 rings (SSSR count). The second kappa shape index (κ2) is 7.72. The van der Waals surface area contributed by atoms with Gasteiger partial charge in [0.1, 0.15) is 5.78 Å². The van der Waals surface area contributed by atoms with Crippen LogP contribution in [0.25, 0.3) is 0 Å². The third kappa shape index (κ3) is 4.52. The zero-order chi connectivity index (χ0) is 15.1. The van der Waals surface area contributed by atoms with Gasteiger partial charge < -0.3 is 0 Å². The zero-order valence-corrected chi connectivity index (χ0v) is 12.8. The zero-order valence-electron chi connectivity index (χ0n) is 12.8. The minimum Gasteiger partial charge on any atom is -0.299 e. The average molecular weight is 285 g/mol. The second-order valence-corrected chi connectivity index (χ2v) is 5.29. The summed E-state index contributed by atoms with van der Waals surface area (Å²) in [5.41, 5.74) is 1.83. The number of ketones is 1. The quantitative estimate of drug-likeness (QED) is 0.747. The highest BCUT2D eigenvalue weighted by Crippen LogP contribution is 2.15. The topological polar surface area (TPSA) is 47.8 Å². The summed E-state index contributed by atoms with van der Waals surface area (Å²) < 4.78 is 1.99. The Balaban J connectivity index is 1.85. The standard InChI is InChI=1S/C17H23N3O/c1-3-16(4-2)20-12-10-15(19-20)13-17(21)9-8-14-7-5-6-11-18-14/h5-7,10-12,16H,3-4,8-9,13H2,1-2H3. The minimum atomic E-state index is 0.218. The first kappa shape index (κ1) is 15.4. The van der Waals surface area contributed by atoms with Gasteiger partial charge in [-0.15, -0.1) is 0 Å². The van der Waals surface area contributed by atoms with Crippen LogP contribution in [0.5, 0.6) is 0 Å². The molecule has 0 N–H and O–H groups in total. The number of aryl methyl sites for hydroxylation is 1. The fourth-order valence-corrected chi connectivity index (χ4v) is 2.44. The normalized spacial score (nSPS) is 11.0. The first-order valence-electron chi connectivity index (χ1n) is 7.68. The summed E-state index contributed by atoms with van der Waals surface area (Å²) in [5, 5.41) is 4.53. The Labute approximate surface area is 126 Å². The monoisotopic (exact) mass is 285 g/mol. The number of carbonyl (C=O) groups excluding carboxylic acids is 1. The Morgan fingerprint density at radius 2 is 2.00 bits per heavy atom. The van der Waals surface area contributed by atoms with Crippen LogP contribution in [0.2, 0.25) is 0 Å². The fourth-order valence-electron chi connectivity index (χ4n) is 2.44. The van der Waals surface area contributed by atoms with E-state index in [1.165, 1.54) is 0 Å². The van der Waals surface area contributed by atoms with Crippen LogP contribution < -0.4 is 0 Å². The van der Waals surface area contributed by atoms with E-state index in [0.29, 0.717) is 25.3 Å². The van der Waals surface area contributed by atoms with E-state index in [2.05, 4.69) is 23.9 Å². The van der Waals surface area contributed by atoms with E-state index in [-0.39, 0.29) is 5.78 Å². The van der Waals surface area contributed by atoms with E-state index >= 15 is 0 Å². The van der Waals surface area contributed by atoms with Crippen molar-refractivity contribution in [1.29, 1.82) is 0 Å². The van der Waals surface area contributed by atoms with Gasteiger partial charge >= 0.3 is 0 Å². The number of hydrogen-bond donors (Lipinski definition) is 0. The van der Waals surface area contributed by atoms with Crippen molar-refractivity contribution in [2.45, 2.75) is 52.0 Å². The van der Waals surface area contributed by atoms with Crippen molar-refractivity contribution in [1.82, 2.24) is 14.8 Å². The number of nitrogens with zero attached hydrogens (tertiary/aromatic N) is 3. The van der Waals surface area contributed by atoms with Crippen molar-refractivity contribution < 1.29 is 4.79 Å². The van der Waals surface area contributed by atoms with E-state index < -0.39 is 0 Å². The molecule has 0 spiro atoms. The molecule has 0 saturated carbocycles. The fraction of sp³-hybridized carbons (Fsp3) is 0.471. The highest BCUT2D eigenvalue weighted by molar-refractivity contribution is 5.80. The van der Waals surface area contributed by atoms with Gasteiger partial charge in [-0.2, -0.15) is 5.10 Å². The van der Waals surface area contributed by atoms with Crippen LogP contribution in [0, 0.1) is 0 Å². The summed E-state index contributed by atoms with van der Waals surface area (Å²) in [7, 11) is 0. The number of rotatable bonds is 8. The third-order valence-electron chi connectivity index (χ3n) is 3.74. The van der Waals surface area contributed by atoms with Gasteiger partial charge in [-0.1, -0.05) is 19.9 Å². The predicted octanol–water partition coefficient (Wildman–Crippen LogP) is 3.38. The molecule has 0 fully saturated rings. The maximum absolute atomic E-state index is 12.0. The molecule has 112 valence electrons. The van der Waals surface area contributed by atoms with Crippen molar-refractivity contribution in [2.75, 3.05) is 0 Å². The van der Waals surface area contributed by atoms with Gasteiger partial charge in [-0.3, -0.25) is 14.5 Å². The van der Waals surface area contributed by atoms with Crippen LogP contribution in [0.1, 0.15) is 50.5 Å². The number of Topliss-reactive ketones (excluding diaryl/α,β-unsaturated/α-hetero) is 1. The molecule has 0 aliphatic carbocycles. The molecule has 0 radical (unpaired) electrons. The molecule has 0 saturated heterocycles. The average Bonchev–Trinajstić information content (AvgIpc) is 2.96. The molecule has 2 heterocycles. The molecule has 0 aromatic carbocycles. The van der Waals surface area contributed by atoms with Crippen molar-refractivity contribution in [3.05, 3.63) is 48.0 Å². The van der Waals surface area contributed by atoms with Gasteiger partial charge in [0.05, 0.1) is 18.2 Å². The molecule has 0 unspecified atom stereocenters. The van der Waals surface area contributed by atoms with Gasteiger partial charge in [0.25, 0.3) is 0 Å². The molecule has 0 aliphatic heterocycles. The highest BCUT2D eigenvalue weighted by atomic mass is 16.1. The number of pyridine rings is 1. The lowest BCUT2D eigenvalue weighted by Gasteiger charge is -2.12. The number of carbonyl (C=O) groups is 1. The largest absolute Gasteiger partial charge is 0.299 e. The molecule has 4 heteroatoms. The van der Waals surface area contributed by atoms with Crippen molar-refractivity contribution in [3.63, 3.8) is 0 Å². The molecule has 21 heavy (non-hydrogen) atoms. The summed E-state index contributed by atoms with van der Waals surface area (Å²) in [6.45, 7) is 4.32. The van der Waals surface area contributed by atoms with Crippen LogP contribution in [0.3, 0.4) is 0 Å². The lowest BCUT2D eigenvalue weighted by atomic mass is 10.1. The number of aromatic nitrogens is 3. The van der Waals surface area contributed by atoms with E-state index in [1.807, 2.05) is 35.1 Å². The molecule has 2 aromatic heterocycles. The molecule has 0 atom stereocenters. The van der Waals surface area contributed by atoms with Crippen LogP contribution in [-0.4, -0.2) is 20.5 Å². The first-order chi connectivity index (χ1) is 10.2. The Kier molecular flexibility index (Phi) is 5.67. The van der Waals surface area contributed by atoms with Gasteiger partial charge in [-0.05, 0) is 37.5 Å². The van der Waals surface area contributed by atoms with Gasteiger partial charge in [0.2, 0.25) is 0 Å². The van der Waals surface area contributed by atoms with E-state index in [1.54, 1.807) is 6.20 Å². The van der Waals surface area contributed by atoms with Crippen LogP contribution in [0.15, 0.2) is 36.7 Å². The second-order valence-electron chi connectivity index (χ2n) is 5.29. The maximum Gasteiger partial charge on any atom is 0.139 e. The summed E-state index contributed by atoms with van der Waals surface area (Å²) in [4.78, 5) is 16.3.